The van der Waals surface area contributed by atoms with Crippen LogP contribution in [0.25, 0.3) is 0 Å². The maximum absolute atomic E-state index is 11.8. The van der Waals surface area contributed by atoms with Crippen molar-refractivity contribution in [2.45, 2.75) is 84.7 Å². The maximum Gasteiger partial charge on any atom is 0.115 e. The number of oxime groups is 2. The van der Waals surface area contributed by atoms with Crippen LogP contribution in [0.15, 0.2) is 22.0 Å². The van der Waals surface area contributed by atoms with Gasteiger partial charge in [0.25, 0.3) is 0 Å². The van der Waals surface area contributed by atoms with E-state index in [1.165, 1.54) is 6.42 Å². The van der Waals surface area contributed by atoms with Gasteiger partial charge in [-0.25, -0.2) is 0 Å². The van der Waals surface area contributed by atoms with Gasteiger partial charge in [0.2, 0.25) is 0 Å². The molecule has 0 saturated heterocycles. The molecule has 4 aliphatic carbocycles. The largest absolute Gasteiger partial charge is 0.396 e. The minimum atomic E-state index is -1.08. The van der Waals surface area contributed by atoms with Crippen LogP contribution in [0.3, 0.4) is 0 Å². The molecule has 3 fully saturated rings. The van der Waals surface area contributed by atoms with Gasteiger partial charge in [-0.2, -0.15) is 0 Å². The summed E-state index contributed by atoms with van der Waals surface area (Å²) in [5.41, 5.74) is 1.92. The lowest BCUT2D eigenvalue weighted by atomic mass is 9.46. The molecule has 6 nitrogen and oxygen atoms in total. The van der Waals surface area contributed by atoms with E-state index in [0.29, 0.717) is 43.1 Å². The Labute approximate surface area is 186 Å². The van der Waals surface area contributed by atoms with Gasteiger partial charge < -0.3 is 19.9 Å². The SMILES string of the molecule is CCO/N=C1/C=C2CCC3C(CCC4(C)C3CCC4(O)/C(CO)=N/OCC)C2(C)CC1. The molecule has 0 radical (unpaired) electrons. The molecule has 3 saturated carbocycles. The van der Waals surface area contributed by atoms with Crippen LogP contribution in [-0.4, -0.2) is 47.1 Å². The lowest BCUT2D eigenvalue weighted by Gasteiger charge is -2.59. The summed E-state index contributed by atoms with van der Waals surface area (Å²) in [4.78, 5) is 10.6. The molecule has 0 aromatic carbocycles. The molecule has 0 aromatic heterocycles. The van der Waals surface area contributed by atoms with Gasteiger partial charge in [0, 0.05) is 5.41 Å². The van der Waals surface area contributed by atoms with E-state index in [9.17, 15) is 10.2 Å². The Hall–Kier alpha value is -1.40. The maximum atomic E-state index is 11.8. The quantitative estimate of drug-likeness (QED) is 0.479. The fourth-order valence-electron chi connectivity index (χ4n) is 7.66. The normalized spacial score (nSPS) is 43.7. The molecule has 0 spiro atoms. The number of hydrogen-bond donors (Lipinski definition) is 2. The highest BCUT2D eigenvalue weighted by atomic mass is 16.6. The Bertz CT molecular complexity index is 777. The first-order valence-corrected chi connectivity index (χ1v) is 12.3. The average Bonchev–Trinajstić information content (AvgIpc) is 3.04. The molecule has 0 heterocycles. The molecule has 0 aliphatic heterocycles. The van der Waals surface area contributed by atoms with E-state index in [1.54, 1.807) is 5.57 Å². The van der Waals surface area contributed by atoms with E-state index < -0.39 is 5.60 Å². The summed E-state index contributed by atoms with van der Waals surface area (Å²) in [7, 11) is 0. The zero-order chi connectivity index (χ0) is 22.3. The van der Waals surface area contributed by atoms with Crippen molar-refractivity contribution in [3.05, 3.63) is 11.6 Å². The second-order valence-corrected chi connectivity index (χ2v) is 10.5. The number of hydrogen-bond acceptors (Lipinski definition) is 6. The number of fused-ring (bicyclic) bond motifs is 5. The second kappa shape index (κ2) is 8.51. The van der Waals surface area contributed by atoms with Crippen molar-refractivity contribution in [2.24, 2.45) is 38.9 Å². The molecule has 2 N–H and O–H groups in total. The van der Waals surface area contributed by atoms with E-state index in [2.05, 4.69) is 30.2 Å². The van der Waals surface area contributed by atoms with Crippen molar-refractivity contribution in [3.63, 3.8) is 0 Å². The minimum absolute atomic E-state index is 0.218. The first-order valence-electron chi connectivity index (χ1n) is 12.3. The Morgan fingerprint density at radius 1 is 1.03 bits per heavy atom. The van der Waals surface area contributed by atoms with Crippen molar-refractivity contribution >= 4 is 11.4 Å². The van der Waals surface area contributed by atoms with Crippen LogP contribution in [0.5, 0.6) is 0 Å². The second-order valence-electron chi connectivity index (χ2n) is 10.5. The highest BCUT2D eigenvalue weighted by Gasteiger charge is 2.65. The van der Waals surface area contributed by atoms with E-state index in [0.717, 1.165) is 44.2 Å². The number of aliphatic hydroxyl groups excluding tert-OH is 1. The van der Waals surface area contributed by atoms with E-state index in [1.807, 2.05) is 13.8 Å². The molecular formula is C25H40N2O4. The first kappa shape index (κ1) is 22.8. The average molecular weight is 433 g/mol. The molecule has 31 heavy (non-hydrogen) atoms. The molecule has 6 unspecified atom stereocenters. The van der Waals surface area contributed by atoms with Crippen molar-refractivity contribution in [3.8, 4) is 0 Å². The summed E-state index contributed by atoms with van der Waals surface area (Å²) < 4.78 is 0. The Morgan fingerprint density at radius 2 is 1.77 bits per heavy atom. The highest BCUT2D eigenvalue weighted by Crippen LogP contribution is 2.67. The predicted molar refractivity (Wildman–Crippen MR) is 122 cm³/mol. The van der Waals surface area contributed by atoms with E-state index in [4.69, 9.17) is 9.68 Å². The van der Waals surface area contributed by atoms with Crippen LogP contribution in [0.1, 0.15) is 79.1 Å². The van der Waals surface area contributed by atoms with Gasteiger partial charge in [0.1, 0.15) is 24.5 Å². The minimum Gasteiger partial charge on any atom is -0.396 e. The third-order valence-electron chi connectivity index (χ3n) is 9.37. The van der Waals surface area contributed by atoms with Gasteiger partial charge in [-0.3, -0.25) is 0 Å². The van der Waals surface area contributed by atoms with Crippen LogP contribution >= 0.6 is 0 Å². The number of aliphatic hydroxyl groups is 2. The van der Waals surface area contributed by atoms with Crippen LogP contribution in [0.2, 0.25) is 0 Å². The van der Waals surface area contributed by atoms with Crippen LogP contribution < -0.4 is 0 Å². The summed E-state index contributed by atoms with van der Waals surface area (Å²) in [5, 5.41) is 30.3. The summed E-state index contributed by atoms with van der Waals surface area (Å²) in [6, 6.07) is 0. The lowest BCUT2D eigenvalue weighted by molar-refractivity contribution is -0.0968. The van der Waals surface area contributed by atoms with E-state index >= 15 is 0 Å². The fraction of sp³-hybridized carbons (Fsp3) is 0.840. The summed E-state index contributed by atoms with van der Waals surface area (Å²) in [6.07, 6.45) is 10.4. The van der Waals surface area contributed by atoms with Gasteiger partial charge in [-0.1, -0.05) is 29.7 Å². The zero-order valence-electron chi connectivity index (χ0n) is 19.7. The summed E-state index contributed by atoms with van der Waals surface area (Å²) >= 11 is 0. The third-order valence-corrected chi connectivity index (χ3v) is 9.37. The van der Waals surface area contributed by atoms with Crippen molar-refractivity contribution in [1.82, 2.24) is 0 Å². The zero-order valence-corrected chi connectivity index (χ0v) is 19.7. The van der Waals surface area contributed by atoms with Crippen LogP contribution in [0.4, 0.5) is 0 Å². The standard InChI is InChI=1S/C25H40N2O4/c1-5-30-26-18-9-12-23(3)17(15-18)7-8-19-20(23)10-13-24(4)21(19)11-14-25(24,29)22(16-28)27-31-6-2/h15,19-21,28-29H,5-14,16H2,1-4H3/b26-18+,27-22+. The summed E-state index contributed by atoms with van der Waals surface area (Å²) in [6.45, 7) is 9.34. The first-order chi connectivity index (χ1) is 14.8. The monoisotopic (exact) mass is 432 g/mol. The molecule has 6 heteroatoms. The Balaban J connectivity index is 1.61. The molecule has 174 valence electrons. The Kier molecular flexibility index (Phi) is 6.25. The van der Waals surface area contributed by atoms with Gasteiger partial charge in [-0.15, -0.1) is 0 Å². The highest BCUT2D eigenvalue weighted by molar-refractivity contribution is 5.96. The van der Waals surface area contributed by atoms with Gasteiger partial charge in [0.05, 0.1) is 12.3 Å². The molecular weight excluding hydrogens is 392 g/mol. The predicted octanol–water partition coefficient (Wildman–Crippen LogP) is 4.46. The van der Waals surface area contributed by atoms with Crippen LogP contribution in [0, 0.1) is 28.6 Å². The third kappa shape index (κ3) is 3.45. The topological polar surface area (TPSA) is 83.6 Å². The number of allylic oxidation sites excluding steroid dienone is 2. The van der Waals surface area contributed by atoms with Crippen LogP contribution in [-0.2, 0) is 9.68 Å². The lowest BCUT2D eigenvalue weighted by Crippen LogP contribution is -2.58. The number of nitrogens with zero attached hydrogens (tertiary/aromatic N) is 2. The molecule has 4 aliphatic rings. The molecule has 0 amide bonds. The molecule has 0 bridgehead atoms. The number of rotatable bonds is 6. The fourth-order valence-corrected chi connectivity index (χ4v) is 7.66. The van der Waals surface area contributed by atoms with Gasteiger partial charge in [-0.05, 0) is 94.5 Å². The van der Waals surface area contributed by atoms with Crippen molar-refractivity contribution in [1.29, 1.82) is 0 Å². The van der Waals surface area contributed by atoms with Crippen molar-refractivity contribution in [2.75, 3.05) is 19.8 Å². The smallest absolute Gasteiger partial charge is 0.115 e. The van der Waals surface area contributed by atoms with E-state index in [-0.39, 0.29) is 17.4 Å². The molecule has 4 rings (SSSR count). The molecule has 0 aromatic rings. The Morgan fingerprint density at radius 3 is 2.48 bits per heavy atom. The van der Waals surface area contributed by atoms with Gasteiger partial charge in [0.15, 0.2) is 0 Å². The summed E-state index contributed by atoms with van der Waals surface area (Å²) in [5.74, 6) is 1.70. The van der Waals surface area contributed by atoms with Crippen molar-refractivity contribution < 1.29 is 19.9 Å². The molecule has 6 atom stereocenters. The van der Waals surface area contributed by atoms with Gasteiger partial charge >= 0.3 is 0 Å².